The molecule has 1 aliphatic heterocycles. The summed E-state index contributed by atoms with van der Waals surface area (Å²) >= 11 is 0. The number of carboxylic acid groups (broad SMARTS) is 1. The summed E-state index contributed by atoms with van der Waals surface area (Å²) in [5.74, 6) is -1.11. The molecule has 2 rings (SSSR count). The van der Waals surface area contributed by atoms with Crippen LogP contribution in [0.2, 0.25) is 0 Å². The standard InChI is InChI=1S/C13H17NO4S/c1-19(17,18)12-6-4-11(5-7-12)14-8-2-3-10(9-14)13(15)16/h4-7,10H,2-3,8-9H2,1H3,(H,15,16)/t10-/m1/s1. The van der Waals surface area contributed by atoms with Crippen molar-refractivity contribution in [2.75, 3.05) is 24.2 Å². The second kappa shape index (κ2) is 5.21. The molecule has 1 aromatic carbocycles. The average molecular weight is 283 g/mol. The number of sulfone groups is 1. The van der Waals surface area contributed by atoms with Crippen molar-refractivity contribution in [3.05, 3.63) is 24.3 Å². The van der Waals surface area contributed by atoms with Crippen molar-refractivity contribution in [3.63, 3.8) is 0 Å². The van der Waals surface area contributed by atoms with Crippen molar-refractivity contribution >= 4 is 21.5 Å². The Morgan fingerprint density at radius 1 is 1.32 bits per heavy atom. The van der Waals surface area contributed by atoms with E-state index in [0.29, 0.717) is 13.0 Å². The molecule has 1 heterocycles. The van der Waals surface area contributed by atoms with Gasteiger partial charge in [-0.05, 0) is 37.1 Å². The van der Waals surface area contributed by atoms with Crippen LogP contribution in [0.15, 0.2) is 29.2 Å². The molecule has 19 heavy (non-hydrogen) atoms. The zero-order valence-corrected chi connectivity index (χ0v) is 11.6. The van der Waals surface area contributed by atoms with Crippen molar-refractivity contribution in [2.45, 2.75) is 17.7 Å². The van der Waals surface area contributed by atoms with Gasteiger partial charge < -0.3 is 10.0 Å². The zero-order chi connectivity index (χ0) is 14.0. The van der Waals surface area contributed by atoms with Crippen LogP contribution in [0.25, 0.3) is 0 Å². The molecule has 0 radical (unpaired) electrons. The van der Waals surface area contributed by atoms with E-state index in [1.165, 1.54) is 6.26 Å². The van der Waals surface area contributed by atoms with Crippen molar-refractivity contribution < 1.29 is 18.3 Å². The number of piperidine rings is 1. The molecule has 1 aromatic rings. The third-order valence-corrected chi connectivity index (χ3v) is 4.53. The maximum Gasteiger partial charge on any atom is 0.308 e. The minimum absolute atomic E-state index is 0.281. The fourth-order valence-electron chi connectivity index (χ4n) is 2.32. The van der Waals surface area contributed by atoms with Crippen molar-refractivity contribution in [1.82, 2.24) is 0 Å². The predicted molar refractivity (Wildman–Crippen MR) is 72.1 cm³/mol. The SMILES string of the molecule is CS(=O)(=O)c1ccc(N2CCC[C@@H](C(=O)O)C2)cc1. The number of carboxylic acids is 1. The van der Waals surface area contributed by atoms with E-state index in [2.05, 4.69) is 0 Å². The summed E-state index contributed by atoms with van der Waals surface area (Å²) in [6, 6.07) is 6.60. The molecule has 0 amide bonds. The number of aliphatic carboxylic acids is 1. The Hall–Kier alpha value is -1.56. The van der Waals surface area contributed by atoms with Crippen molar-refractivity contribution in [2.24, 2.45) is 5.92 Å². The van der Waals surface area contributed by atoms with E-state index in [1.807, 2.05) is 4.90 Å². The summed E-state index contributed by atoms with van der Waals surface area (Å²) in [7, 11) is -3.19. The number of hydrogen-bond acceptors (Lipinski definition) is 4. The van der Waals surface area contributed by atoms with Gasteiger partial charge in [-0.1, -0.05) is 0 Å². The van der Waals surface area contributed by atoms with Gasteiger partial charge in [-0.2, -0.15) is 0 Å². The molecule has 6 heteroatoms. The van der Waals surface area contributed by atoms with Gasteiger partial charge in [0.15, 0.2) is 9.84 Å². The van der Waals surface area contributed by atoms with E-state index < -0.39 is 15.8 Å². The fourth-order valence-corrected chi connectivity index (χ4v) is 2.95. The Morgan fingerprint density at radius 3 is 2.47 bits per heavy atom. The first-order valence-electron chi connectivity index (χ1n) is 6.16. The molecule has 0 unspecified atom stereocenters. The summed E-state index contributed by atoms with van der Waals surface area (Å²) in [6.07, 6.45) is 2.71. The second-order valence-corrected chi connectivity index (χ2v) is 6.91. The normalized spacial score (nSPS) is 20.3. The van der Waals surface area contributed by atoms with E-state index in [1.54, 1.807) is 24.3 Å². The van der Waals surface area contributed by atoms with Crippen LogP contribution in [0.4, 0.5) is 5.69 Å². The second-order valence-electron chi connectivity index (χ2n) is 4.89. The Morgan fingerprint density at radius 2 is 1.95 bits per heavy atom. The summed E-state index contributed by atoms with van der Waals surface area (Å²) < 4.78 is 22.7. The highest BCUT2D eigenvalue weighted by molar-refractivity contribution is 7.90. The topological polar surface area (TPSA) is 74.7 Å². The van der Waals surface area contributed by atoms with Gasteiger partial charge in [0.2, 0.25) is 0 Å². The maximum atomic E-state index is 11.4. The quantitative estimate of drug-likeness (QED) is 0.907. The third-order valence-electron chi connectivity index (χ3n) is 3.40. The van der Waals surface area contributed by atoms with Gasteiger partial charge >= 0.3 is 5.97 Å². The lowest BCUT2D eigenvalue weighted by molar-refractivity contribution is -0.141. The van der Waals surface area contributed by atoms with E-state index >= 15 is 0 Å². The minimum Gasteiger partial charge on any atom is -0.481 e. The van der Waals surface area contributed by atoms with Crippen molar-refractivity contribution in [1.29, 1.82) is 0 Å². The first kappa shape index (κ1) is 13.9. The van der Waals surface area contributed by atoms with Crippen LogP contribution in [0.3, 0.4) is 0 Å². The molecule has 0 saturated carbocycles. The molecule has 0 aliphatic carbocycles. The molecule has 0 bridgehead atoms. The summed E-state index contributed by atoms with van der Waals surface area (Å²) in [5.41, 5.74) is 0.873. The van der Waals surface area contributed by atoms with Gasteiger partial charge in [0, 0.05) is 25.0 Å². The van der Waals surface area contributed by atoms with Crippen LogP contribution in [0.1, 0.15) is 12.8 Å². The van der Waals surface area contributed by atoms with Crippen LogP contribution in [0, 0.1) is 5.92 Å². The smallest absolute Gasteiger partial charge is 0.308 e. The highest BCUT2D eigenvalue weighted by Crippen LogP contribution is 2.24. The molecule has 104 valence electrons. The fraction of sp³-hybridized carbons (Fsp3) is 0.462. The number of rotatable bonds is 3. The number of hydrogen-bond donors (Lipinski definition) is 1. The third kappa shape index (κ3) is 3.26. The monoisotopic (exact) mass is 283 g/mol. The number of nitrogens with zero attached hydrogens (tertiary/aromatic N) is 1. The number of anilines is 1. The number of benzene rings is 1. The highest BCUT2D eigenvalue weighted by atomic mass is 32.2. The minimum atomic E-state index is -3.19. The Kier molecular flexibility index (Phi) is 3.80. The number of carbonyl (C=O) groups is 1. The van der Waals surface area contributed by atoms with Crippen LogP contribution < -0.4 is 4.90 Å². The largest absolute Gasteiger partial charge is 0.481 e. The van der Waals surface area contributed by atoms with E-state index in [-0.39, 0.29) is 10.8 Å². The van der Waals surface area contributed by atoms with Gasteiger partial charge in [-0.3, -0.25) is 4.79 Å². The average Bonchev–Trinajstić information content (AvgIpc) is 2.38. The van der Waals surface area contributed by atoms with Gasteiger partial charge in [-0.15, -0.1) is 0 Å². The lowest BCUT2D eigenvalue weighted by atomic mass is 9.98. The van der Waals surface area contributed by atoms with Gasteiger partial charge in [0.1, 0.15) is 0 Å². The Balaban J connectivity index is 2.16. The van der Waals surface area contributed by atoms with E-state index in [0.717, 1.165) is 18.7 Å². The molecule has 1 fully saturated rings. The molecule has 1 atom stereocenters. The Bertz CT molecular complexity index is 565. The maximum absolute atomic E-state index is 11.4. The molecule has 5 nitrogen and oxygen atoms in total. The first-order chi connectivity index (χ1) is 8.88. The summed E-state index contributed by atoms with van der Waals surface area (Å²) in [6.45, 7) is 1.29. The van der Waals surface area contributed by atoms with Gasteiger partial charge in [-0.25, -0.2) is 8.42 Å². The molecule has 1 saturated heterocycles. The Labute approximate surface area is 112 Å². The molecule has 1 aliphatic rings. The molecular formula is C13H17NO4S. The molecular weight excluding hydrogens is 266 g/mol. The summed E-state index contributed by atoms with van der Waals surface area (Å²) in [4.78, 5) is 13.3. The zero-order valence-electron chi connectivity index (χ0n) is 10.7. The van der Waals surface area contributed by atoms with Gasteiger partial charge in [0.05, 0.1) is 10.8 Å². The lowest BCUT2D eigenvalue weighted by Gasteiger charge is -2.32. The van der Waals surface area contributed by atoms with E-state index in [4.69, 9.17) is 5.11 Å². The molecule has 1 N–H and O–H groups in total. The van der Waals surface area contributed by atoms with Gasteiger partial charge in [0.25, 0.3) is 0 Å². The van der Waals surface area contributed by atoms with Crippen LogP contribution in [-0.4, -0.2) is 38.8 Å². The molecule has 0 aromatic heterocycles. The predicted octanol–water partition coefficient (Wildman–Crippen LogP) is 1.39. The van der Waals surface area contributed by atoms with Crippen LogP contribution in [0.5, 0.6) is 0 Å². The molecule has 0 spiro atoms. The van der Waals surface area contributed by atoms with Crippen LogP contribution in [-0.2, 0) is 14.6 Å². The summed E-state index contributed by atoms with van der Waals surface area (Å²) in [5, 5.41) is 9.05. The first-order valence-corrected chi connectivity index (χ1v) is 8.05. The lowest BCUT2D eigenvalue weighted by Crippen LogP contribution is -2.38. The van der Waals surface area contributed by atoms with Crippen LogP contribution >= 0.6 is 0 Å². The van der Waals surface area contributed by atoms with Crippen molar-refractivity contribution in [3.8, 4) is 0 Å². The highest BCUT2D eigenvalue weighted by Gasteiger charge is 2.25. The van der Waals surface area contributed by atoms with E-state index in [9.17, 15) is 13.2 Å².